The van der Waals surface area contributed by atoms with Crippen molar-refractivity contribution in [2.24, 2.45) is 0 Å². The summed E-state index contributed by atoms with van der Waals surface area (Å²) in [7, 11) is 6.36. The molecule has 0 N–H and O–H groups in total. The molecule has 0 saturated heterocycles. The van der Waals surface area contributed by atoms with E-state index in [0.717, 1.165) is 54.3 Å². The number of carbonyl (C=O) groups is 2. The van der Waals surface area contributed by atoms with Gasteiger partial charge in [-0.1, -0.05) is 49.9 Å². The lowest BCUT2D eigenvalue weighted by atomic mass is 10.1. The van der Waals surface area contributed by atoms with Crippen molar-refractivity contribution in [3.63, 3.8) is 0 Å². The maximum absolute atomic E-state index is 12.0. The zero-order valence-corrected chi connectivity index (χ0v) is 20.1. The summed E-state index contributed by atoms with van der Waals surface area (Å²) in [5.41, 5.74) is 2.87. The highest BCUT2D eigenvalue weighted by molar-refractivity contribution is 5.94. The van der Waals surface area contributed by atoms with Crippen LogP contribution in [0, 0.1) is 0 Å². The fourth-order valence-electron chi connectivity index (χ4n) is 3.37. The van der Waals surface area contributed by atoms with Crippen LogP contribution in [-0.4, -0.2) is 46.1 Å². The second-order valence-electron chi connectivity index (χ2n) is 9.13. The van der Waals surface area contributed by atoms with E-state index in [-0.39, 0.29) is 11.8 Å². The fraction of sp³-hybridized carbons (Fsp3) is 0.481. The van der Waals surface area contributed by atoms with Gasteiger partial charge in [0, 0.05) is 5.56 Å². The monoisotopic (exact) mass is 440 g/mol. The molecule has 0 aliphatic carbocycles. The van der Waals surface area contributed by atoms with Gasteiger partial charge in [0.2, 0.25) is 0 Å². The first-order chi connectivity index (χ1) is 15.3. The molecule has 0 heterocycles. The van der Waals surface area contributed by atoms with Crippen LogP contribution >= 0.6 is 0 Å². The van der Waals surface area contributed by atoms with E-state index in [4.69, 9.17) is 9.47 Å². The molecule has 0 unspecified atom stereocenters. The predicted octanol–water partition coefficient (Wildman–Crippen LogP) is 5.59. The van der Waals surface area contributed by atoms with E-state index in [9.17, 15) is 9.59 Å². The Bertz CT molecular complexity index is 853. The number of ketones is 1. The van der Waals surface area contributed by atoms with Crippen molar-refractivity contribution in [3.8, 4) is 5.75 Å². The Morgan fingerprint density at radius 2 is 1.44 bits per heavy atom. The first kappa shape index (κ1) is 25.6. The Balaban J connectivity index is 1.48. The number of Topliss-reactive ketones (excluding diaryl/α,β-unsaturated/α-hetero) is 1. The summed E-state index contributed by atoms with van der Waals surface area (Å²) in [6.07, 6.45) is 6.66. The van der Waals surface area contributed by atoms with Crippen molar-refractivity contribution in [1.29, 1.82) is 0 Å². The van der Waals surface area contributed by atoms with Crippen LogP contribution in [0.25, 0.3) is 0 Å². The molecule has 0 amide bonds. The van der Waals surface area contributed by atoms with Crippen LogP contribution in [0.3, 0.4) is 0 Å². The minimum Gasteiger partial charge on any atom is -0.494 e. The molecule has 32 heavy (non-hydrogen) atoms. The molecular formula is C27H38NO4+. The molecule has 5 nitrogen and oxygen atoms in total. The summed E-state index contributed by atoms with van der Waals surface area (Å²) in [6.45, 7) is 2.71. The number of nitrogens with zero attached hydrogens (tertiary/aromatic N) is 1. The van der Waals surface area contributed by atoms with Crippen molar-refractivity contribution in [1.82, 2.24) is 4.48 Å². The molecule has 2 rings (SSSR count). The number of rotatable bonds is 14. The standard InChI is InChI=1S/C27H38NO4/c1-22(29)24-12-11-13-26(21-24)31-18-9-7-5-6-8-10-19-32-27(30)20-23-14-16-25(17-15-23)28(2,3)4/h11-17,21H,5-10,18-20H2,1-4H3/q+1. The lowest BCUT2D eigenvalue weighted by molar-refractivity contribution is -0.142. The lowest BCUT2D eigenvalue weighted by Crippen LogP contribution is -2.34. The van der Waals surface area contributed by atoms with Gasteiger partial charge in [-0.2, -0.15) is 0 Å². The molecule has 0 aliphatic rings. The summed E-state index contributed by atoms with van der Waals surface area (Å²) >= 11 is 0. The molecule has 0 radical (unpaired) electrons. The van der Waals surface area contributed by atoms with Crippen molar-refractivity contribution < 1.29 is 19.1 Å². The summed E-state index contributed by atoms with van der Waals surface area (Å²) < 4.78 is 11.9. The lowest BCUT2D eigenvalue weighted by Gasteiger charge is -2.23. The topological polar surface area (TPSA) is 52.6 Å². The van der Waals surface area contributed by atoms with E-state index < -0.39 is 0 Å². The Labute approximate surface area is 192 Å². The quantitative estimate of drug-likeness (QED) is 0.166. The number of hydrogen-bond donors (Lipinski definition) is 0. The molecular weight excluding hydrogens is 402 g/mol. The van der Waals surface area contributed by atoms with E-state index in [1.807, 2.05) is 24.3 Å². The highest BCUT2D eigenvalue weighted by Crippen LogP contribution is 2.18. The Kier molecular flexibility index (Phi) is 10.4. The Hall–Kier alpha value is -2.66. The van der Waals surface area contributed by atoms with E-state index in [1.54, 1.807) is 19.1 Å². The fourth-order valence-corrected chi connectivity index (χ4v) is 3.37. The normalized spacial score (nSPS) is 11.2. The van der Waals surface area contributed by atoms with Crippen LogP contribution in [0.15, 0.2) is 48.5 Å². The first-order valence-electron chi connectivity index (χ1n) is 11.6. The van der Waals surface area contributed by atoms with Crippen molar-refractivity contribution in [3.05, 3.63) is 59.7 Å². The maximum Gasteiger partial charge on any atom is 0.310 e. The SMILES string of the molecule is CC(=O)c1cccc(OCCCCCCCCOC(=O)Cc2ccc([N+](C)(C)C)cc2)c1. The second kappa shape index (κ2) is 13.0. The van der Waals surface area contributed by atoms with Gasteiger partial charge in [0.05, 0.1) is 40.8 Å². The van der Waals surface area contributed by atoms with Crippen molar-refractivity contribution in [2.45, 2.75) is 51.9 Å². The zero-order chi connectivity index (χ0) is 23.4. The number of benzene rings is 2. The molecule has 2 aromatic carbocycles. The van der Waals surface area contributed by atoms with Crippen LogP contribution in [0.2, 0.25) is 0 Å². The average Bonchev–Trinajstić information content (AvgIpc) is 2.75. The highest BCUT2D eigenvalue weighted by atomic mass is 16.5. The minimum atomic E-state index is -0.158. The number of quaternary nitrogens is 1. The molecule has 174 valence electrons. The summed E-state index contributed by atoms with van der Waals surface area (Å²) in [5.74, 6) is 0.646. The third-order valence-corrected chi connectivity index (χ3v) is 5.37. The molecule has 0 aromatic heterocycles. The van der Waals surface area contributed by atoms with Gasteiger partial charge in [-0.25, -0.2) is 0 Å². The second-order valence-corrected chi connectivity index (χ2v) is 9.13. The van der Waals surface area contributed by atoms with E-state index in [2.05, 4.69) is 33.3 Å². The highest BCUT2D eigenvalue weighted by Gasteiger charge is 2.12. The Morgan fingerprint density at radius 3 is 2.06 bits per heavy atom. The van der Waals surface area contributed by atoms with Crippen LogP contribution < -0.4 is 9.22 Å². The molecule has 0 fully saturated rings. The van der Waals surface area contributed by atoms with E-state index in [0.29, 0.717) is 25.2 Å². The molecule has 2 aromatic rings. The largest absolute Gasteiger partial charge is 0.494 e. The van der Waals surface area contributed by atoms with Gasteiger partial charge in [0.25, 0.3) is 0 Å². The summed E-state index contributed by atoms with van der Waals surface area (Å²) in [4.78, 5) is 23.4. The van der Waals surface area contributed by atoms with E-state index >= 15 is 0 Å². The number of carbonyl (C=O) groups excluding carboxylic acids is 2. The van der Waals surface area contributed by atoms with Crippen LogP contribution in [0.5, 0.6) is 5.75 Å². The van der Waals surface area contributed by atoms with Gasteiger partial charge < -0.3 is 9.47 Å². The third-order valence-electron chi connectivity index (χ3n) is 5.37. The number of unbranched alkanes of at least 4 members (excludes halogenated alkanes) is 5. The molecule has 0 atom stereocenters. The van der Waals surface area contributed by atoms with Crippen LogP contribution in [-0.2, 0) is 16.0 Å². The summed E-state index contributed by atoms with van der Waals surface area (Å²) in [5, 5.41) is 0. The van der Waals surface area contributed by atoms with Gasteiger partial charge in [0.15, 0.2) is 5.78 Å². The minimum absolute atomic E-state index is 0.0512. The van der Waals surface area contributed by atoms with Crippen molar-refractivity contribution in [2.75, 3.05) is 34.4 Å². The average molecular weight is 441 g/mol. The molecule has 5 heteroatoms. The smallest absolute Gasteiger partial charge is 0.310 e. The van der Waals surface area contributed by atoms with Gasteiger partial charge in [-0.15, -0.1) is 0 Å². The third kappa shape index (κ3) is 9.65. The van der Waals surface area contributed by atoms with Gasteiger partial charge in [-0.3, -0.25) is 14.1 Å². The van der Waals surface area contributed by atoms with Crippen LogP contribution in [0.4, 0.5) is 5.69 Å². The van der Waals surface area contributed by atoms with Crippen molar-refractivity contribution >= 4 is 17.4 Å². The molecule has 0 aliphatic heterocycles. The number of esters is 1. The van der Waals surface area contributed by atoms with Gasteiger partial charge >= 0.3 is 5.97 Å². The van der Waals surface area contributed by atoms with E-state index in [1.165, 1.54) is 5.69 Å². The van der Waals surface area contributed by atoms with Gasteiger partial charge in [0.1, 0.15) is 11.4 Å². The first-order valence-corrected chi connectivity index (χ1v) is 11.6. The van der Waals surface area contributed by atoms with Crippen LogP contribution in [0.1, 0.15) is 61.4 Å². The molecule has 0 saturated carbocycles. The number of hydrogen-bond acceptors (Lipinski definition) is 4. The van der Waals surface area contributed by atoms with Gasteiger partial charge in [-0.05, 0) is 49.6 Å². The summed E-state index contributed by atoms with van der Waals surface area (Å²) in [6, 6.07) is 15.5. The zero-order valence-electron chi connectivity index (χ0n) is 20.1. The molecule has 0 bridgehead atoms. The maximum atomic E-state index is 12.0. The Morgan fingerprint density at radius 1 is 0.812 bits per heavy atom. The molecule has 0 spiro atoms. The number of ether oxygens (including phenoxy) is 2. The predicted molar refractivity (Wildman–Crippen MR) is 130 cm³/mol.